The fourth-order valence-electron chi connectivity index (χ4n) is 4.25. The van der Waals surface area contributed by atoms with E-state index in [2.05, 4.69) is 21.8 Å². The fraction of sp³-hybridized carbons (Fsp3) is 0.571. The van der Waals surface area contributed by atoms with Gasteiger partial charge < -0.3 is 9.32 Å². The average molecular weight is 368 g/mol. The molecule has 6 heteroatoms. The lowest BCUT2D eigenvalue weighted by Crippen LogP contribution is -2.38. The van der Waals surface area contributed by atoms with Gasteiger partial charge in [-0.05, 0) is 63.9 Å². The quantitative estimate of drug-likeness (QED) is 0.824. The molecule has 0 unspecified atom stereocenters. The Labute approximate surface area is 160 Å². The third-order valence-corrected chi connectivity index (χ3v) is 5.99. The van der Waals surface area contributed by atoms with Crippen molar-refractivity contribution in [3.8, 4) is 0 Å². The topological polar surface area (TPSA) is 62.5 Å². The van der Waals surface area contributed by atoms with Crippen LogP contribution >= 0.6 is 0 Å². The van der Waals surface area contributed by atoms with E-state index in [0.717, 1.165) is 50.5 Å². The summed E-state index contributed by atoms with van der Waals surface area (Å²) in [5.74, 6) is 1.78. The second-order valence-corrected chi connectivity index (χ2v) is 7.68. The Morgan fingerprint density at radius 1 is 1.11 bits per heavy atom. The third kappa shape index (κ3) is 4.05. The van der Waals surface area contributed by atoms with Crippen LogP contribution in [0.15, 0.2) is 35.1 Å². The van der Waals surface area contributed by atoms with Crippen LogP contribution in [-0.2, 0) is 0 Å². The highest BCUT2D eigenvalue weighted by molar-refractivity contribution is 5.91. The fourth-order valence-corrected chi connectivity index (χ4v) is 4.25. The average Bonchev–Trinajstić information content (AvgIpc) is 3.24. The summed E-state index contributed by atoms with van der Waals surface area (Å²) in [7, 11) is 0. The van der Waals surface area contributed by atoms with E-state index in [1.165, 1.54) is 19.3 Å². The Hall–Kier alpha value is -2.21. The van der Waals surface area contributed by atoms with E-state index < -0.39 is 0 Å². The number of furan rings is 1. The van der Waals surface area contributed by atoms with Crippen LogP contribution in [0.1, 0.15) is 73.0 Å². The summed E-state index contributed by atoms with van der Waals surface area (Å²) in [5, 5.41) is 0. The van der Waals surface area contributed by atoms with Crippen LogP contribution in [0.3, 0.4) is 0 Å². The van der Waals surface area contributed by atoms with Crippen molar-refractivity contribution < 1.29 is 9.21 Å². The zero-order valence-electron chi connectivity index (χ0n) is 16.0. The number of amides is 1. The van der Waals surface area contributed by atoms with Gasteiger partial charge in [0.1, 0.15) is 12.1 Å². The van der Waals surface area contributed by atoms with Crippen molar-refractivity contribution in [2.45, 2.75) is 51.0 Å². The SMILES string of the molecule is C[C@@H](c1ccc(C(=O)N2CCC(c3ccncn3)CC2)o1)N1CCCCC1. The Kier molecular flexibility index (Phi) is 5.53. The van der Waals surface area contributed by atoms with Gasteiger partial charge in [0.05, 0.1) is 6.04 Å². The molecular weight excluding hydrogens is 340 g/mol. The molecule has 2 aliphatic heterocycles. The van der Waals surface area contributed by atoms with Gasteiger partial charge >= 0.3 is 0 Å². The van der Waals surface area contributed by atoms with E-state index in [-0.39, 0.29) is 11.9 Å². The third-order valence-electron chi connectivity index (χ3n) is 5.99. The smallest absolute Gasteiger partial charge is 0.289 e. The van der Waals surface area contributed by atoms with Gasteiger partial charge in [0, 0.05) is 30.9 Å². The molecule has 6 nitrogen and oxygen atoms in total. The van der Waals surface area contributed by atoms with Gasteiger partial charge in [0.2, 0.25) is 0 Å². The number of nitrogens with zero attached hydrogens (tertiary/aromatic N) is 4. The molecule has 2 aliphatic rings. The predicted octanol–water partition coefficient (Wildman–Crippen LogP) is 3.64. The molecule has 2 aromatic rings. The first-order chi connectivity index (χ1) is 13.2. The lowest BCUT2D eigenvalue weighted by molar-refractivity contribution is 0.0672. The summed E-state index contributed by atoms with van der Waals surface area (Å²) in [6.07, 6.45) is 9.06. The normalized spacial score (nSPS) is 20.6. The Morgan fingerprint density at radius 2 is 1.89 bits per heavy atom. The Balaban J connectivity index is 1.36. The molecule has 1 amide bonds. The summed E-state index contributed by atoms with van der Waals surface area (Å²) >= 11 is 0. The van der Waals surface area contributed by atoms with E-state index in [1.54, 1.807) is 12.5 Å². The maximum Gasteiger partial charge on any atom is 0.289 e. The maximum absolute atomic E-state index is 12.8. The highest BCUT2D eigenvalue weighted by Crippen LogP contribution is 2.29. The lowest BCUT2D eigenvalue weighted by Gasteiger charge is -2.31. The van der Waals surface area contributed by atoms with Gasteiger partial charge in [-0.3, -0.25) is 9.69 Å². The molecule has 2 saturated heterocycles. The van der Waals surface area contributed by atoms with Gasteiger partial charge in [-0.25, -0.2) is 9.97 Å². The zero-order valence-corrected chi connectivity index (χ0v) is 16.0. The first kappa shape index (κ1) is 18.2. The number of carbonyl (C=O) groups is 1. The molecule has 0 radical (unpaired) electrons. The molecule has 4 heterocycles. The second-order valence-electron chi connectivity index (χ2n) is 7.68. The van der Waals surface area contributed by atoms with Crippen molar-refractivity contribution >= 4 is 5.91 Å². The summed E-state index contributed by atoms with van der Waals surface area (Å²) in [4.78, 5) is 25.5. The largest absolute Gasteiger partial charge is 0.454 e. The first-order valence-corrected chi connectivity index (χ1v) is 10.1. The lowest BCUT2D eigenvalue weighted by atomic mass is 9.93. The van der Waals surface area contributed by atoms with Crippen molar-refractivity contribution in [1.82, 2.24) is 19.8 Å². The summed E-state index contributed by atoms with van der Waals surface area (Å²) < 4.78 is 5.97. The maximum atomic E-state index is 12.8. The van der Waals surface area contributed by atoms with Crippen LogP contribution in [0.25, 0.3) is 0 Å². The molecular formula is C21H28N4O2. The molecule has 0 saturated carbocycles. The standard InChI is InChI=1S/C21H28N4O2/c1-16(24-11-3-2-4-12-24)19-5-6-20(27-19)21(26)25-13-8-17(9-14-25)18-7-10-22-15-23-18/h5-7,10,15-17H,2-4,8-9,11-14H2,1H3/t16-/m0/s1. The van der Waals surface area contributed by atoms with Gasteiger partial charge in [0.15, 0.2) is 5.76 Å². The van der Waals surface area contributed by atoms with Crippen LogP contribution in [0, 0.1) is 0 Å². The first-order valence-electron chi connectivity index (χ1n) is 10.1. The number of likely N-dealkylation sites (tertiary alicyclic amines) is 2. The van der Waals surface area contributed by atoms with Crippen molar-refractivity contribution in [3.05, 3.63) is 47.9 Å². The number of hydrogen-bond acceptors (Lipinski definition) is 5. The van der Waals surface area contributed by atoms with Crippen LogP contribution in [-0.4, -0.2) is 51.9 Å². The molecule has 0 bridgehead atoms. The minimum atomic E-state index is 0.00762. The summed E-state index contributed by atoms with van der Waals surface area (Å²) in [6, 6.07) is 6.02. The molecule has 0 spiro atoms. The molecule has 4 rings (SSSR count). The predicted molar refractivity (Wildman–Crippen MR) is 102 cm³/mol. The van der Waals surface area contributed by atoms with Crippen LogP contribution in [0.2, 0.25) is 0 Å². The molecule has 2 fully saturated rings. The minimum Gasteiger partial charge on any atom is -0.454 e. The molecule has 2 aromatic heterocycles. The monoisotopic (exact) mass is 368 g/mol. The van der Waals surface area contributed by atoms with Gasteiger partial charge in [-0.2, -0.15) is 0 Å². The number of aromatic nitrogens is 2. The van der Waals surface area contributed by atoms with Crippen molar-refractivity contribution in [3.63, 3.8) is 0 Å². The van der Waals surface area contributed by atoms with E-state index in [9.17, 15) is 4.79 Å². The number of rotatable bonds is 4. The highest BCUT2D eigenvalue weighted by Gasteiger charge is 2.28. The molecule has 0 aliphatic carbocycles. The zero-order chi connectivity index (χ0) is 18.6. The Morgan fingerprint density at radius 3 is 2.59 bits per heavy atom. The Bertz CT molecular complexity index is 747. The number of carbonyl (C=O) groups excluding carboxylic acids is 1. The molecule has 0 N–H and O–H groups in total. The second kappa shape index (κ2) is 8.21. The van der Waals surface area contributed by atoms with E-state index in [4.69, 9.17) is 4.42 Å². The van der Waals surface area contributed by atoms with Crippen molar-refractivity contribution in [2.24, 2.45) is 0 Å². The van der Waals surface area contributed by atoms with E-state index >= 15 is 0 Å². The van der Waals surface area contributed by atoms with E-state index in [1.807, 2.05) is 23.1 Å². The van der Waals surface area contributed by atoms with Crippen LogP contribution < -0.4 is 0 Å². The van der Waals surface area contributed by atoms with Crippen LogP contribution in [0.4, 0.5) is 0 Å². The van der Waals surface area contributed by atoms with Gasteiger partial charge in [0.25, 0.3) is 5.91 Å². The van der Waals surface area contributed by atoms with Crippen molar-refractivity contribution in [2.75, 3.05) is 26.2 Å². The summed E-state index contributed by atoms with van der Waals surface area (Å²) in [5.41, 5.74) is 1.08. The highest BCUT2D eigenvalue weighted by atomic mass is 16.4. The minimum absolute atomic E-state index is 0.00762. The molecule has 0 aromatic carbocycles. The van der Waals surface area contributed by atoms with Crippen LogP contribution in [0.5, 0.6) is 0 Å². The molecule has 1 atom stereocenters. The number of piperidine rings is 2. The van der Waals surface area contributed by atoms with Gasteiger partial charge in [-0.15, -0.1) is 0 Å². The van der Waals surface area contributed by atoms with Gasteiger partial charge in [-0.1, -0.05) is 6.42 Å². The molecule has 27 heavy (non-hydrogen) atoms. The number of hydrogen-bond donors (Lipinski definition) is 0. The summed E-state index contributed by atoms with van der Waals surface area (Å²) in [6.45, 7) is 5.88. The van der Waals surface area contributed by atoms with Crippen molar-refractivity contribution in [1.29, 1.82) is 0 Å². The molecule has 144 valence electrons. The van der Waals surface area contributed by atoms with E-state index in [0.29, 0.717) is 11.7 Å².